The lowest BCUT2D eigenvalue weighted by Crippen LogP contribution is -2.22. The van der Waals surface area contributed by atoms with E-state index in [0.29, 0.717) is 16.8 Å². The van der Waals surface area contributed by atoms with Crippen LogP contribution in [0.4, 0.5) is 5.69 Å². The maximum absolute atomic E-state index is 12.4. The molecule has 0 heterocycles. The minimum absolute atomic E-state index is 0.109. The van der Waals surface area contributed by atoms with Crippen LogP contribution in [0, 0.1) is 0 Å². The first-order valence-electron chi connectivity index (χ1n) is 8.30. The molecular formula is C20H24N2O3. The Kier molecular flexibility index (Phi) is 6.17. The number of rotatable bonds is 6. The Morgan fingerprint density at radius 2 is 1.76 bits per heavy atom. The van der Waals surface area contributed by atoms with Gasteiger partial charge < -0.3 is 15.0 Å². The van der Waals surface area contributed by atoms with Gasteiger partial charge in [0, 0.05) is 30.9 Å². The fourth-order valence-electron chi connectivity index (χ4n) is 2.19. The van der Waals surface area contributed by atoms with E-state index >= 15 is 0 Å². The number of hydrogen-bond acceptors (Lipinski definition) is 3. The quantitative estimate of drug-likeness (QED) is 0.870. The smallest absolute Gasteiger partial charge is 0.255 e. The largest absolute Gasteiger partial charge is 0.491 e. The molecule has 2 amide bonds. The third-order valence-electron chi connectivity index (χ3n) is 3.80. The first-order valence-corrected chi connectivity index (χ1v) is 8.30. The van der Waals surface area contributed by atoms with Gasteiger partial charge in [0.2, 0.25) is 0 Å². The van der Waals surface area contributed by atoms with Gasteiger partial charge in [-0.15, -0.1) is 0 Å². The maximum atomic E-state index is 12.4. The first kappa shape index (κ1) is 18.5. The highest BCUT2D eigenvalue weighted by atomic mass is 16.5. The Labute approximate surface area is 148 Å². The average molecular weight is 340 g/mol. The van der Waals surface area contributed by atoms with Crippen molar-refractivity contribution in [3.63, 3.8) is 0 Å². The van der Waals surface area contributed by atoms with Gasteiger partial charge in [0.15, 0.2) is 0 Å². The summed E-state index contributed by atoms with van der Waals surface area (Å²) in [6.07, 6.45) is 1.06. The molecule has 0 bridgehead atoms. The molecule has 0 fully saturated rings. The van der Waals surface area contributed by atoms with E-state index < -0.39 is 0 Å². The summed E-state index contributed by atoms with van der Waals surface area (Å²) in [6, 6.07) is 13.9. The highest BCUT2D eigenvalue weighted by molar-refractivity contribution is 6.05. The molecule has 0 radical (unpaired) electrons. The van der Waals surface area contributed by atoms with E-state index in [2.05, 4.69) is 12.2 Å². The number of carbonyl (C=O) groups excluding carboxylic acids is 2. The van der Waals surface area contributed by atoms with E-state index in [4.69, 9.17) is 4.74 Å². The van der Waals surface area contributed by atoms with Crippen molar-refractivity contribution in [2.45, 2.75) is 26.4 Å². The molecule has 0 spiro atoms. The fraction of sp³-hybridized carbons (Fsp3) is 0.300. The van der Waals surface area contributed by atoms with Gasteiger partial charge in [0.05, 0.1) is 6.10 Å². The third kappa shape index (κ3) is 5.08. The Bertz CT molecular complexity index is 739. The lowest BCUT2D eigenvalue weighted by Gasteiger charge is -2.13. The number of amides is 2. The maximum Gasteiger partial charge on any atom is 0.255 e. The van der Waals surface area contributed by atoms with Gasteiger partial charge in [0.1, 0.15) is 5.75 Å². The van der Waals surface area contributed by atoms with Crippen molar-refractivity contribution in [1.82, 2.24) is 4.90 Å². The Morgan fingerprint density at radius 3 is 2.36 bits per heavy atom. The van der Waals surface area contributed by atoms with Gasteiger partial charge in [-0.2, -0.15) is 0 Å². The van der Waals surface area contributed by atoms with Gasteiger partial charge in [-0.3, -0.25) is 9.59 Å². The van der Waals surface area contributed by atoms with Crippen LogP contribution in [0.2, 0.25) is 0 Å². The summed E-state index contributed by atoms with van der Waals surface area (Å²) in [7, 11) is 3.38. The summed E-state index contributed by atoms with van der Waals surface area (Å²) in [5.41, 5.74) is 1.64. The number of nitrogens with one attached hydrogen (secondary N) is 1. The lowest BCUT2D eigenvalue weighted by atomic mass is 10.1. The highest BCUT2D eigenvalue weighted by Gasteiger charge is 2.11. The van der Waals surface area contributed by atoms with Crippen LogP contribution in [0.25, 0.3) is 0 Å². The zero-order chi connectivity index (χ0) is 18.4. The van der Waals surface area contributed by atoms with Crippen molar-refractivity contribution < 1.29 is 14.3 Å². The summed E-state index contributed by atoms with van der Waals surface area (Å²) in [6.45, 7) is 4.06. The van der Waals surface area contributed by atoms with E-state index in [1.54, 1.807) is 62.6 Å². The summed E-state index contributed by atoms with van der Waals surface area (Å²) >= 11 is 0. The van der Waals surface area contributed by atoms with Crippen LogP contribution < -0.4 is 10.1 Å². The van der Waals surface area contributed by atoms with Gasteiger partial charge in [-0.1, -0.05) is 13.0 Å². The minimum Gasteiger partial charge on any atom is -0.491 e. The number of nitrogens with zero attached hydrogens (tertiary/aromatic N) is 1. The van der Waals surface area contributed by atoms with E-state index in [1.165, 1.54) is 4.90 Å². The van der Waals surface area contributed by atoms with Crippen LogP contribution in [-0.4, -0.2) is 36.9 Å². The highest BCUT2D eigenvalue weighted by Crippen LogP contribution is 2.17. The van der Waals surface area contributed by atoms with Crippen molar-refractivity contribution in [3.05, 3.63) is 59.7 Å². The fourth-order valence-corrected chi connectivity index (χ4v) is 2.19. The molecule has 0 aliphatic rings. The molecule has 2 aromatic rings. The van der Waals surface area contributed by atoms with Crippen molar-refractivity contribution in [2.75, 3.05) is 19.4 Å². The van der Waals surface area contributed by atoms with E-state index in [9.17, 15) is 9.59 Å². The van der Waals surface area contributed by atoms with Gasteiger partial charge in [0.25, 0.3) is 11.8 Å². The zero-order valence-corrected chi connectivity index (χ0v) is 15.1. The summed E-state index contributed by atoms with van der Waals surface area (Å²) in [4.78, 5) is 25.9. The molecule has 0 aliphatic heterocycles. The van der Waals surface area contributed by atoms with Crippen LogP contribution in [0.5, 0.6) is 5.75 Å². The summed E-state index contributed by atoms with van der Waals surface area (Å²) in [5, 5.41) is 2.81. The average Bonchev–Trinajstić information content (AvgIpc) is 2.61. The molecule has 1 unspecified atom stereocenters. The Balaban J connectivity index is 2.07. The number of hydrogen-bond donors (Lipinski definition) is 1. The lowest BCUT2D eigenvalue weighted by molar-refractivity contribution is 0.0827. The van der Waals surface area contributed by atoms with E-state index in [1.807, 2.05) is 6.92 Å². The molecule has 0 aliphatic carbocycles. The number of benzene rings is 2. The molecule has 25 heavy (non-hydrogen) atoms. The number of carbonyl (C=O) groups is 2. The Hall–Kier alpha value is -2.82. The van der Waals surface area contributed by atoms with Crippen LogP contribution in [0.3, 0.4) is 0 Å². The molecule has 0 saturated heterocycles. The molecule has 1 N–H and O–H groups in total. The molecular weight excluding hydrogens is 316 g/mol. The molecule has 2 aromatic carbocycles. The zero-order valence-electron chi connectivity index (χ0n) is 15.1. The van der Waals surface area contributed by atoms with Crippen LogP contribution in [0.15, 0.2) is 48.5 Å². The number of ether oxygens (including phenoxy) is 1. The number of anilines is 1. The van der Waals surface area contributed by atoms with Crippen molar-refractivity contribution >= 4 is 17.5 Å². The topological polar surface area (TPSA) is 58.6 Å². The second-order valence-electron chi connectivity index (χ2n) is 6.10. The molecule has 132 valence electrons. The van der Waals surface area contributed by atoms with Crippen molar-refractivity contribution in [3.8, 4) is 5.75 Å². The summed E-state index contributed by atoms with van der Waals surface area (Å²) in [5.74, 6) is 0.400. The van der Waals surface area contributed by atoms with Gasteiger partial charge in [-0.05, 0) is 55.8 Å². The third-order valence-corrected chi connectivity index (χ3v) is 3.80. The van der Waals surface area contributed by atoms with Gasteiger partial charge in [-0.25, -0.2) is 0 Å². The molecule has 5 nitrogen and oxygen atoms in total. The second kappa shape index (κ2) is 8.33. The van der Waals surface area contributed by atoms with Gasteiger partial charge >= 0.3 is 0 Å². The minimum atomic E-state index is -0.232. The van der Waals surface area contributed by atoms with E-state index in [-0.39, 0.29) is 17.9 Å². The molecule has 0 aromatic heterocycles. The molecule has 0 saturated carbocycles. The molecule has 5 heteroatoms. The SMILES string of the molecule is CCC(C)Oc1ccc(C(=O)Nc2cccc(C(=O)N(C)C)c2)cc1. The predicted octanol–water partition coefficient (Wildman–Crippen LogP) is 3.82. The van der Waals surface area contributed by atoms with Crippen molar-refractivity contribution in [1.29, 1.82) is 0 Å². The first-order chi connectivity index (χ1) is 11.9. The van der Waals surface area contributed by atoms with E-state index in [0.717, 1.165) is 12.2 Å². The molecule has 1 atom stereocenters. The monoisotopic (exact) mass is 340 g/mol. The molecule has 2 rings (SSSR count). The standard InChI is InChI=1S/C20H24N2O3/c1-5-14(2)25-18-11-9-15(10-12-18)19(23)21-17-8-6-7-16(13-17)20(24)22(3)4/h6-14H,5H2,1-4H3,(H,21,23). The van der Waals surface area contributed by atoms with Crippen molar-refractivity contribution in [2.24, 2.45) is 0 Å². The second-order valence-corrected chi connectivity index (χ2v) is 6.10. The summed E-state index contributed by atoms with van der Waals surface area (Å²) < 4.78 is 5.71. The van der Waals surface area contributed by atoms with Crippen LogP contribution >= 0.6 is 0 Å². The predicted molar refractivity (Wildman–Crippen MR) is 99.2 cm³/mol. The van der Waals surface area contributed by atoms with Crippen LogP contribution in [0.1, 0.15) is 41.0 Å². The Morgan fingerprint density at radius 1 is 1.08 bits per heavy atom. The normalized spacial score (nSPS) is 11.5. The van der Waals surface area contributed by atoms with Crippen LogP contribution in [-0.2, 0) is 0 Å².